The average Bonchev–Trinajstić information content (AvgIpc) is 2.61. The Balaban J connectivity index is 1.60. The lowest BCUT2D eigenvalue weighted by Gasteiger charge is -2.42. The number of rotatable bonds is 3. The Morgan fingerprint density at radius 1 is 1.16 bits per heavy atom. The van der Waals surface area contributed by atoms with Gasteiger partial charge < -0.3 is 19.8 Å². The number of carbonyl (C=O) groups is 1. The number of nitrogens with one attached hydrogen (secondary N) is 1. The van der Waals surface area contributed by atoms with Crippen LogP contribution in [-0.4, -0.2) is 60.2 Å². The Bertz CT molecular complexity index is 588. The summed E-state index contributed by atoms with van der Waals surface area (Å²) in [5.74, 6) is 0.650. The molecule has 1 aromatic carbocycles. The number of likely N-dealkylation sites (tertiary alicyclic amines) is 1. The van der Waals surface area contributed by atoms with E-state index in [0.29, 0.717) is 23.7 Å². The van der Waals surface area contributed by atoms with E-state index in [1.807, 2.05) is 18.2 Å². The topological polar surface area (TPSA) is 48.2 Å². The van der Waals surface area contributed by atoms with Gasteiger partial charge in [0.25, 0.3) is 5.91 Å². The summed E-state index contributed by atoms with van der Waals surface area (Å²) in [7, 11) is 0. The van der Waals surface area contributed by atoms with Gasteiger partial charge in [0.05, 0.1) is 31.9 Å². The normalized spacial score (nSPS) is 26.5. The van der Waals surface area contributed by atoms with Gasteiger partial charge in [0, 0.05) is 12.1 Å². The molecule has 5 heteroatoms. The van der Waals surface area contributed by atoms with Crippen LogP contribution in [0.25, 0.3) is 0 Å². The molecule has 2 fully saturated rings. The first-order valence-corrected chi connectivity index (χ1v) is 9.68. The molecule has 3 rings (SSSR count). The number of quaternary nitrogens is 1. The molecule has 2 heterocycles. The fourth-order valence-electron chi connectivity index (χ4n) is 4.45. The first kappa shape index (κ1) is 18.1. The van der Waals surface area contributed by atoms with Crippen molar-refractivity contribution in [3.8, 4) is 5.75 Å². The summed E-state index contributed by atoms with van der Waals surface area (Å²) < 4.78 is 0. The van der Waals surface area contributed by atoms with E-state index in [-0.39, 0.29) is 6.04 Å². The van der Waals surface area contributed by atoms with Crippen LogP contribution in [0.5, 0.6) is 5.75 Å². The second-order valence-corrected chi connectivity index (χ2v) is 7.73. The molecule has 2 aliphatic rings. The van der Waals surface area contributed by atoms with Crippen LogP contribution in [0.15, 0.2) is 24.3 Å². The maximum absolute atomic E-state index is 13.1. The van der Waals surface area contributed by atoms with E-state index < -0.39 is 0 Å². The Morgan fingerprint density at radius 3 is 2.36 bits per heavy atom. The lowest BCUT2D eigenvalue weighted by atomic mass is 9.96. The van der Waals surface area contributed by atoms with Crippen molar-refractivity contribution in [2.24, 2.45) is 0 Å². The number of phenols is 1. The number of phenolic OH excluding ortho intramolecular Hbond substituents is 1. The standard InChI is InChI=1S/C20H31N3O2/c1-15-7-6-8-16(2)23(15)20(25)17(3)21-11-13-22(14-12-21)18-9-4-5-10-19(18)24/h4-5,9-10,15-17,24H,6-8,11-14H2,1-3H3/p+1/t15-,16-,17-/m1/s1. The fraction of sp³-hybridized carbons (Fsp3) is 0.650. The number of carbonyl (C=O) groups excluding carboxylic acids is 1. The molecule has 3 atom stereocenters. The Hall–Kier alpha value is -1.75. The number of nitrogens with zero attached hydrogens (tertiary/aromatic N) is 2. The van der Waals surface area contributed by atoms with E-state index in [4.69, 9.17) is 0 Å². The lowest BCUT2D eigenvalue weighted by molar-refractivity contribution is -0.915. The van der Waals surface area contributed by atoms with Crippen molar-refractivity contribution in [2.75, 3.05) is 31.1 Å². The molecule has 2 N–H and O–H groups in total. The van der Waals surface area contributed by atoms with Crippen LogP contribution < -0.4 is 9.80 Å². The molecule has 0 radical (unpaired) electrons. The molecule has 25 heavy (non-hydrogen) atoms. The molecule has 0 bridgehead atoms. The highest BCUT2D eigenvalue weighted by Gasteiger charge is 2.37. The van der Waals surface area contributed by atoms with E-state index in [2.05, 4.69) is 30.6 Å². The fourth-order valence-corrected chi connectivity index (χ4v) is 4.45. The van der Waals surface area contributed by atoms with Gasteiger partial charge in [0.1, 0.15) is 5.75 Å². The van der Waals surface area contributed by atoms with E-state index in [1.165, 1.54) is 11.3 Å². The zero-order valence-electron chi connectivity index (χ0n) is 15.7. The highest BCUT2D eigenvalue weighted by Crippen LogP contribution is 2.26. The first-order chi connectivity index (χ1) is 12.0. The van der Waals surface area contributed by atoms with Crippen molar-refractivity contribution >= 4 is 11.6 Å². The van der Waals surface area contributed by atoms with Crippen molar-refractivity contribution in [2.45, 2.75) is 58.2 Å². The van der Waals surface area contributed by atoms with Crippen molar-refractivity contribution in [1.29, 1.82) is 0 Å². The number of hydrogen-bond donors (Lipinski definition) is 2. The van der Waals surface area contributed by atoms with Gasteiger partial charge in [-0.25, -0.2) is 0 Å². The minimum Gasteiger partial charge on any atom is -0.506 e. The third-order valence-electron chi connectivity index (χ3n) is 6.06. The number of anilines is 1. The van der Waals surface area contributed by atoms with Crippen LogP contribution in [0.1, 0.15) is 40.0 Å². The van der Waals surface area contributed by atoms with Gasteiger partial charge in [0.15, 0.2) is 6.04 Å². The van der Waals surface area contributed by atoms with Crippen molar-refractivity contribution in [3.05, 3.63) is 24.3 Å². The van der Waals surface area contributed by atoms with Gasteiger partial charge in [-0.2, -0.15) is 0 Å². The molecule has 0 spiro atoms. The Labute approximate surface area is 151 Å². The molecule has 2 saturated heterocycles. The number of para-hydroxylation sites is 2. The highest BCUT2D eigenvalue weighted by molar-refractivity contribution is 5.81. The number of hydrogen-bond acceptors (Lipinski definition) is 3. The van der Waals surface area contributed by atoms with Crippen LogP contribution in [0.3, 0.4) is 0 Å². The van der Waals surface area contributed by atoms with Gasteiger partial charge in [-0.15, -0.1) is 0 Å². The van der Waals surface area contributed by atoms with Crippen molar-refractivity contribution in [1.82, 2.24) is 4.90 Å². The van der Waals surface area contributed by atoms with Crippen molar-refractivity contribution in [3.63, 3.8) is 0 Å². The number of benzene rings is 1. The summed E-state index contributed by atoms with van der Waals surface area (Å²) in [5, 5.41) is 10.0. The molecule has 0 saturated carbocycles. The molecule has 2 aliphatic heterocycles. The predicted molar refractivity (Wildman–Crippen MR) is 100 cm³/mol. The second-order valence-electron chi connectivity index (χ2n) is 7.73. The number of piperidine rings is 1. The summed E-state index contributed by atoms with van der Waals surface area (Å²) in [4.78, 5) is 18.8. The van der Waals surface area contributed by atoms with E-state index in [0.717, 1.165) is 44.7 Å². The van der Waals surface area contributed by atoms with Crippen LogP contribution in [0.2, 0.25) is 0 Å². The van der Waals surface area contributed by atoms with E-state index >= 15 is 0 Å². The Kier molecular flexibility index (Phi) is 5.52. The lowest BCUT2D eigenvalue weighted by Crippen LogP contribution is -3.19. The molecule has 1 aromatic rings. The summed E-state index contributed by atoms with van der Waals surface area (Å²) >= 11 is 0. The monoisotopic (exact) mass is 346 g/mol. The van der Waals surface area contributed by atoms with Gasteiger partial charge in [-0.1, -0.05) is 12.1 Å². The van der Waals surface area contributed by atoms with Crippen LogP contribution in [0, 0.1) is 0 Å². The number of aromatic hydroxyl groups is 1. The minimum atomic E-state index is 0.00882. The molecule has 1 amide bonds. The highest BCUT2D eigenvalue weighted by atomic mass is 16.3. The summed E-state index contributed by atoms with van der Waals surface area (Å²) in [5.41, 5.74) is 0.902. The smallest absolute Gasteiger partial charge is 0.281 e. The molecule has 0 aromatic heterocycles. The first-order valence-electron chi connectivity index (χ1n) is 9.68. The largest absolute Gasteiger partial charge is 0.506 e. The molecule has 138 valence electrons. The zero-order valence-corrected chi connectivity index (χ0v) is 15.7. The minimum absolute atomic E-state index is 0.00882. The van der Waals surface area contributed by atoms with Crippen LogP contribution >= 0.6 is 0 Å². The van der Waals surface area contributed by atoms with Gasteiger partial charge >= 0.3 is 0 Å². The summed E-state index contributed by atoms with van der Waals surface area (Å²) in [6.07, 6.45) is 3.48. The second kappa shape index (κ2) is 7.65. The van der Waals surface area contributed by atoms with Gasteiger partial charge in [-0.3, -0.25) is 4.79 Å². The maximum atomic E-state index is 13.1. The predicted octanol–water partition coefficient (Wildman–Crippen LogP) is 1.28. The summed E-state index contributed by atoms with van der Waals surface area (Å²) in [6, 6.07) is 8.24. The average molecular weight is 346 g/mol. The SMILES string of the molecule is C[C@@H]1CCC[C@@H](C)N1C(=O)[C@@H](C)[NH+]1CCN(c2ccccc2O)CC1. The van der Waals surface area contributed by atoms with Crippen molar-refractivity contribution < 1.29 is 14.8 Å². The quantitative estimate of drug-likeness (QED) is 0.867. The molecular weight excluding hydrogens is 314 g/mol. The number of amides is 1. The van der Waals surface area contributed by atoms with E-state index in [1.54, 1.807) is 6.07 Å². The third-order valence-corrected chi connectivity index (χ3v) is 6.06. The van der Waals surface area contributed by atoms with Crippen LogP contribution in [0.4, 0.5) is 5.69 Å². The molecule has 5 nitrogen and oxygen atoms in total. The van der Waals surface area contributed by atoms with E-state index in [9.17, 15) is 9.90 Å². The number of piperazine rings is 1. The third kappa shape index (κ3) is 3.76. The van der Waals surface area contributed by atoms with Crippen LogP contribution in [-0.2, 0) is 4.79 Å². The van der Waals surface area contributed by atoms with Gasteiger partial charge in [-0.05, 0) is 52.2 Å². The maximum Gasteiger partial charge on any atom is 0.281 e. The summed E-state index contributed by atoms with van der Waals surface area (Å²) in [6.45, 7) is 10.1. The molecule has 0 aliphatic carbocycles. The Morgan fingerprint density at radius 2 is 1.76 bits per heavy atom. The molecular formula is C20H32N3O2+. The zero-order chi connectivity index (χ0) is 18.0. The van der Waals surface area contributed by atoms with Gasteiger partial charge in [0.2, 0.25) is 0 Å². The molecule has 0 unspecified atom stereocenters.